The summed E-state index contributed by atoms with van der Waals surface area (Å²) in [6, 6.07) is 12.8. The molecular formula is C23H26ClN3O3. The lowest BCUT2D eigenvalue weighted by atomic mass is 9.78. The second-order valence-electron chi connectivity index (χ2n) is 7.82. The molecule has 4 rings (SSSR count). The Morgan fingerprint density at radius 3 is 2.97 bits per heavy atom. The fourth-order valence-corrected chi connectivity index (χ4v) is 4.42. The van der Waals surface area contributed by atoms with E-state index in [1.807, 2.05) is 36.4 Å². The number of hydrogen-bond acceptors (Lipinski definition) is 4. The van der Waals surface area contributed by atoms with Gasteiger partial charge in [0.15, 0.2) is 0 Å². The van der Waals surface area contributed by atoms with Crippen LogP contribution in [0.5, 0.6) is 5.75 Å². The third kappa shape index (κ3) is 4.45. The summed E-state index contributed by atoms with van der Waals surface area (Å²) in [7, 11) is 1.59. The highest BCUT2D eigenvalue weighted by atomic mass is 35.5. The first-order chi connectivity index (χ1) is 14.5. The number of halogens is 1. The minimum absolute atomic E-state index is 0.0267. The number of aliphatic hydroxyl groups is 1. The molecule has 7 heteroatoms. The number of amides is 1. The van der Waals surface area contributed by atoms with Crippen LogP contribution in [0, 0.1) is 5.92 Å². The molecule has 0 aliphatic heterocycles. The van der Waals surface area contributed by atoms with Gasteiger partial charge in [-0.3, -0.25) is 4.79 Å². The number of aromatic amines is 1. The van der Waals surface area contributed by atoms with Gasteiger partial charge in [0.2, 0.25) is 5.91 Å². The monoisotopic (exact) mass is 427 g/mol. The van der Waals surface area contributed by atoms with Gasteiger partial charge in [0.1, 0.15) is 11.6 Å². The molecule has 1 aromatic heterocycles. The van der Waals surface area contributed by atoms with Gasteiger partial charge in [-0.05, 0) is 48.7 Å². The number of aromatic nitrogens is 2. The Morgan fingerprint density at radius 2 is 2.13 bits per heavy atom. The van der Waals surface area contributed by atoms with Crippen LogP contribution in [-0.2, 0) is 4.79 Å². The zero-order valence-electron chi connectivity index (χ0n) is 16.9. The highest BCUT2D eigenvalue weighted by molar-refractivity contribution is 6.31. The predicted molar refractivity (Wildman–Crippen MR) is 117 cm³/mol. The average Bonchev–Trinajstić information content (AvgIpc) is 3.20. The lowest BCUT2D eigenvalue weighted by molar-refractivity contribution is -0.127. The summed E-state index contributed by atoms with van der Waals surface area (Å²) in [6.07, 6.45) is 3.00. The number of methoxy groups -OCH3 is 1. The lowest BCUT2D eigenvalue weighted by Gasteiger charge is -2.29. The number of benzene rings is 2. The summed E-state index contributed by atoms with van der Waals surface area (Å²) in [4.78, 5) is 21.1. The van der Waals surface area contributed by atoms with E-state index in [1.165, 1.54) is 0 Å². The molecule has 158 valence electrons. The highest BCUT2D eigenvalue weighted by Crippen LogP contribution is 2.37. The van der Waals surface area contributed by atoms with Gasteiger partial charge in [-0.1, -0.05) is 36.6 Å². The van der Waals surface area contributed by atoms with Gasteiger partial charge in [0.25, 0.3) is 0 Å². The van der Waals surface area contributed by atoms with E-state index < -0.39 is 6.10 Å². The van der Waals surface area contributed by atoms with Gasteiger partial charge >= 0.3 is 0 Å². The number of ether oxygens (including phenoxy) is 1. The van der Waals surface area contributed by atoms with Crippen LogP contribution in [0.25, 0.3) is 11.0 Å². The molecule has 3 aromatic rings. The number of rotatable bonds is 6. The van der Waals surface area contributed by atoms with Gasteiger partial charge in [0, 0.05) is 23.4 Å². The number of nitrogens with zero attached hydrogens (tertiary/aromatic N) is 1. The average molecular weight is 428 g/mol. The molecule has 1 aliphatic carbocycles. The third-order valence-corrected chi connectivity index (χ3v) is 6.10. The van der Waals surface area contributed by atoms with E-state index in [2.05, 4.69) is 10.3 Å². The number of H-pyrrole nitrogens is 1. The van der Waals surface area contributed by atoms with Crippen LogP contribution < -0.4 is 10.1 Å². The Bertz CT molecular complexity index is 1040. The van der Waals surface area contributed by atoms with Crippen LogP contribution in [0.2, 0.25) is 5.02 Å². The summed E-state index contributed by atoms with van der Waals surface area (Å²) in [5.41, 5.74) is 2.45. The molecule has 1 fully saturated rings. The number of carbonyl (C=O) groups is 1. The Labute approximate surface area is 180 Å². The Hall–Kier alpha value is -2.57. The van der Waals surface area contributed by atoms with Crippen molar-refractivity contribution in [2.45, 2.75) is 37.7 Å². The molecule has 0 radical (unpaired) electrons. The first kappa shape index (κ1) is 20.7. The van der Waals surface area contributed by atoms with E-state index in [0.29, 0.717) is 16.3 Å². The molecule has 0 spiro atoms. The summed E-state index contributed by atoms with van der Waals surface area (Å²) in [5.74, 6) is 1.32. The van der Waals surface area contributed by atoms with E-state index in [9.17, 15) is 9.90 Å². The number of aliphatic hydroxyl groups excluding tert-OH is 1. The molecule has 0 unspecified atom stereocenters. The molecule has 3 atom stereocenters. The minimum atomic E-state index is -0.792. The van der Waals surface area contributed by atoms with Gasteiger partial charge in [-0.2, -0.15) is 0 Å². The molecule has 0 saturated heterocycles. The summed E-state index contributed by atoms with van der Waals surface area (Å²) < 4.78 is 5.20. The molecule has 2 aromatic carbocycles. The quantitative estimate of drug-likeness (QED) is 0.545. The summed E-state index contributed by atoms with van der Waals surface area (Å²) in [5, 5.41) is 14.1. The molecule has 1 amide bonds. The van der Waals surface area contributed by atoms with Crippen molar-refractivity contribution >= 4 is 28.5 Å². The SMILES string of the molecule is COc1cccc([C@H](O)CNC(=O)[C@H]2CCCC[C@H]2c2nc3ccc(Cl)cc3[nH]2)c1. The lowest BCUT2D eigenvalue weighted by Crippen LogP contribution is -2.38. The van der Waals surface area contributed by atoms with E-state index in [-0.39, 0.29) is 24.3 Å². The van der Waals surface area contributed by atoms with Gasteiger partial charge < -0.3 is 20.1 Å². The van der Waals surface area contributed by atoms with Crippen molar-refractivity contribution in [1.82, 2.24) is 15.3 Å². The first-order valence-corrected chi connectivity index (χ1v) is 10.7. The van der Waals surface area contributed by atoms with Crippen molar-refractivity contribution in [2.24, 2.45) is 5.92 Å². The van der Waals surface area contributed by atoms with Gasteiger partial charge in [-0.25, -0.2) is 4.98 Å². The van der Waals surface area contributed by atoms with E-state index in [4.69, 9.17) is 21.3 Å². The molecule has 1 aliphatic rings. The minimum Gasteiger partial charge on any atom is -0.497 e. The van der Waals surface area contributed by atoms with E-state index >= 15 is 0 Å². The number of imidazole rings is 1. The van der Waals surface area contributed by atoms with Crippen molar-refractivity contribution < 1.29 is 14.6 Å². The van der Waals surface area contributed by atoms with Crippen molar-refractivity contribution in [1.29, 1.82) is 0 Å². The number of carbonyl (C=O) groups excluding carboxylic acids is 1. The second-order valence-corrected chi connectivity index (χ2v) is 8.25. The van der Waals surface area contributed by atoms with Crippen LogP contribution >= 0.6 is 11.6 Å². The maximum atomic E-state index is 13.0. The first-order valence-electron chi connectivity index (χ1n) is 10.3. The van der Waals surface area contributed by atoms with Gasteiger partial charge in [-0.15, -0.1) is 0 Å². The normalized spacial score (nSPS) is 20.1. The van der Waals surface area contributed by atoms with E-state index in [0.717, 1.165) is 42.5 Å². The molecule has 0 bridgehead atoms. The molecule has 3 N–H and O–H groups in total. The van der Waals surface area contributed by atoms with Crippen molar-refractivity contribution in [2.75, 3.05) is 13.7 Å². The van der Waals surface area contributed by atoms with Crippen LogP contribution in [0.3, 0.4) is 0 Å². The topological polar surface area (TPSA) is 87.2 Å². The number of nitrogens with one attached hydrogen (secondary N) is 2. The standard InChI is InChI=1S/C23H26ClN3O3/c1-30-16-6-4-5-14(11-16)21(28)13-25-23(29)18-8-3-2-7-17(18)22-26-19-10-9-15(24)12-20(19)27-22/h4-6,9-12,17-18,21,28H,2-3,7-8,13H2,1H3,(H,25,29)(H,26,27)/t17-,18+,21-/m1/s1. The van der Waals surface area contributed by atoms with Crippen LogP contribution in [0.1, 0.15) is 49.1 Å². The van der Waals surface area contributed by atoms with Crippen LogP contribution in [0.15, 0.2) is 42.5 Å². The Kier molecular flexibility index (Phi) is 6.25. The third-order valence-electron chi connectivity index (χ3n) is 5.86. The zero-order valence-corrected chi connectivity index (χ0v) is 17.7. The van der Waals surface area contributed by atoms with Crippen molar-refractivity contribution in [3.63, 3.8) is 0 Å². The van der Waals surface area contributed by atoms with E-state index in [1.54, 1.807) is 13.2 Å². The Balaban J connectivity index is 1.45. The van der Waals surface area contributed by atoms with Crippen molar-refractivity contribution in [3.8, 4) is 5.75 Å². The molecule has 6 nitrogen and oxygen atoms in total. The number of fused-ring (bicyclic) bond motifs is 1. The second kappa shape index (κ2) is 9.06. The van der Waals surface area contributed by atoms with Crippen LogP contribution in [-0.4, -0.2) is 34.6 Å². The molecule has 1 heterocycles. The maximum Gasteiger partial charge on any atom is 0.223 e. The predicted octanol–water partition coefficient (Wildman–Crippen LogP) is 4.35. The Morgan fingerprint density at radius 1 is 1.30 bits per heavy atom. The fourth-order valence-electron chi connectivity index (χ4n) is 4.24. The molecule has 30 heavy (non-hydrogen) atoms. The van der Waals surface area contributed by atoms with Gasteiger partial charge in [0.05, 0.1) is 24.2 Å². The van der Waals surface area contributed by atoms with Crippen LogP contribution in [0.4, 0.5) is 0 Å². The molecular weight excluding hydrogens is 402 g/mol. The highest BCUT2D eigenvalue weighted by Gasteiger charge is 2.34. The zero-order chi connectivity index (χ0) is 21.1. The fraction of sp³-hybridized carbons (Fsp3) is 0.391. The smallest absolute Gasteiger partial charge is 0.223 e. The molecule has 1 saturated carbocycles. The number of hydrogen-bond donors (Lipinski definition) is 3. The largest absolute Gasteiger partial charge is 0.497 e. The summed E-state index contributed by atoms with van der Waals surface area (Å²) >= 11 is 6.09. The summed E-state index contributed by atoms with van der Waals surface area (Å²) in [6.45, 7) is 0.158. The maximum absolute atomic E-state index is 13.0. The van der Waals surface area contributed by atoms with Crippen molar-refractivity contribution in [3.05, 3.63) is 58.9 Å².